The molecule has 2 aromatic carbocycles. The molecule has 1 amide bonds. The van der Waals surface area contributed by atoms with Crippen LogP contribution in [0.2, 0.25) is 10.0 Å². The number of carbonyl (C=O) groups excluding carboxylic acids is 1. The number of amides is 1. The van der Waals surface area contributed by atoms with Crippen molar-refractivity contribution in [3.8, 4) is 5.75 Å². The Bertz CT molecular complexity index is 968. The molecule has 3 aromatic rings. The molecule has 0 saturated carbocycles. The van der Waals surface area contributed by atoms with Crippen molar-refractivity contribution in [2.24, 2.45) is 0 Å². The maximum Gasteiger partial charge on any atom is 0.230 e. The summed E-state index contributed by atoms with van der Waals surface area (Å²) in [5.41, 5.74) is 3.72. The zero-order chi connectivity index (χ0) is 19.6. The van der Waals surface area contributed by atoms with Gasteiger partial charge >= 0.3 is 0 Å². The van der Waals surface area contributed by atoms with Crippen LogP contribution in [0.1, 0.15) is 23.7 Å². The van der Waals surface area contributed by atoms with E-state index in [-0.39, 0.29) is 12.5 Å². The second kappa shape index (κ2) is 8.30. The molecule has 0 unspecified atom stereocenters. The van der Waals surface area contributed by atoms with E-state index in [1.54, 1.807) is 23.1 Å². The van der Waals surface area contributed by atoms with Gasteiger partial charge in [-0.25, -0.2) is 4.98 Å². The minimum atomic E-state index is -0.0922. The molecule has 27 heavy (non-hydrogen) atoms. The van der Waals surface area contributed by atoms with E-state index in [1.807, 2.05) is 37.4 Å². The van der Waals surface area contributed by atoms with Gasteiger partial charge in [0.1, 0.15) is 12.4 Å². The standard InChI is InChI=1S/C20H18Cl2N2O2S/c1-12-4-5-19(13(2)6-12)24(14(3)25)20-23-17(11-27-20)10-26-18-8-15(21)7-16(22)9-18/h4-9,11H,10H2,1-3H3. The first-order chi connectivity index (χ1) is 12.8. The molecule has 7 heteroatoms. The summed E-state index contributed by atoms with van der Waals surface area (Å²) in [6, 6.07) is 11.0. The monoisotopic (exact) mass is 420 g/mol. The van der Waals surface area contributed by atoms with E-state index < -0.39 is 0 Å². The summed E-state index contributed by atoms with van der Waals surface area (Å²) in [5, 5.41) is 3.50. The lowest BCUT2D eigenvalue weighted by Gasteiger charge is -2.20. The average Bonchev–Trinajstić information content (AvgIpc) is 3.02. The Morgan fingerprint density at radius 1 is 1.15 bits per heavy atom. The number of thiazole rings is 1. The molecule has 0 radical (unpaired) electrons. The molecule has 0 fully saturated rings. The van der Waals surface area contributed by atoms with Gasteiger partial charge in [-0.1, -0.05) is 40.9 Å². The van der Waals surface area contributed by atoms with Gasteiger partial charge in [-0.15, -0.1) is 11.3 Å². The Morgan fingerprint density at radius 2 is 1.85 bits per heavy atom. The van der Waals surface area contributed by atoms with Crippen molar-refractivity contribution in [1.29, 1.82) is 0 Å². The van der Waals surface area contributed by atoms with E-state index in [0.29, 0.717) is 20.9 Å². The van der Waals surface area contributed by atoms with Crippen LogP contribution in [-0.4, -0.2) is 10.9 Å². The highest BCUT2D eigenvalue weighted by Gasteiger charge is 2.19. The SMILES string of the molecule is CC(=O)N(c1nc(COc2cc(Cl)cc(Cl)c2)cs1)c1ccc(C)cc1C. The number of carbonyl (C=O) groups is 1. The van der Waals surface area contributed by atoms with Crippen LogP contribution >= 0.6 is 34.5 Å². The van der Waals surface area contributed by atoms with Crippen LogP contribution < -0.4 is 9.64 Å². The number of ether oxygens (including phenoxy) is 1. The molecule has 0 bridgehead atoms. The van der Waals surface area contributed by atoms with Crippen molar-refractivity contribution >= 4 is 51.3 Å². The quantitative estimate of drug-likeness (QED) is 0.484. The third kappa shape index (κ3) is 4.80. The molecule has 0 saturated heterocycles. The number of hydrogen-bond acceptors (Lipinski definition) is 4. The molecule has 0 aliphatic carbocycles. The molecule has 0 atom stereocenters. The Balaban J connectivity index is 1.81. The minimum absolute atomic E-state index is 0.0922. The van der Waals surface area contributed by atoms with Crippen LogP contribution in [0, 0.1) is 13.8 Å². The van der Waals surface area contributed by atoms with E-state index in [1.165, 1.54) is 18.3 Å². The van der Waals surface area contributed by atoms with Crippen molar-refractivity contribution in [1.82, 2.24) is 4.98 Å². The summed E-state index contributed by atoms with van der Waals surface area (Å²) >= 11 is 13.4. The number of nitrogens with zero attached hydrogens (tertiary/aromatic N) is 2. The van der Waals surface area contributed by atoms with Gasteiger partial charge in [-0.2, -0.15) is 0 Å². The molecule has 0 aliphatic rings. The molecule has 0 spiro atoms. The smallest absolute Gasteiger partial charge is 0.230 e. The number of halogens is 2. The van der Waals surface area contributed by atoms with Crippen LogP contribution in [0.15, 0.2) is 41.8 Å². The van der Waals surface area contributed by atoms with Gasteiger partial charge in [0.05, 0.1) is 11.4 Å². The van der Waals surface area contributed by atoms with Gasteiger partial charge in [-0.05, 0) is 43.7 Å². The second-order valence-electron chi connectivity index (χ2n) is 6.16. The van der Waals surface area contributed by atoms with Gasteiger partial charge < -0.3 is 4.74 Å². The molecule has 140 valence electrons. The van der Waals surface area contributed by atoms with E-state index in [0.717, 1.165) is 22.5 Å². The third-order valence-corrected chi connectivity index (χ3v) is 5.17. The first-order valence-corrected chi connectivity index (χ1v) is 9.88. The lowest BCUT2D eigenvalue weighted by molar-refractivity contribution is -0.115. The fourth-order valence-corrected chi connectivity index (χ4v) is 4.07. The van der Waals surface area contributed by atoms with Crippen molar-refractivity contribution in [3.63, 3.8) is 0 Å². The molecule has 0 aliphatic heterocycles. The fourth-order valence-electron chi connectivity index (χ4n) is 2.70. The third-order valence-electron chi connectivity index (χ3n) is 3.86. The molecule has 0 N–H and O–H groups in total. The van der Waals surface area contributed by atoms with Crippen LogP contribution in [-0.2, 0) is 11.4 Å². The molecule has 1 aromatic heterocycles. The number of rotatable bonds is 5. The molecule has 1 heterocycles. The predicted octanol–water partition coefficient (Wildman–Crippen LogP) is 6.33. The van der Waals surface area contributed by atoms with Gasteiger partial charge in [0.25, 0.3) is 0 Å². The highest BCUT2D eigenvalue weighted by Crippen LogP contribution is 2.32. The minimum Gasteiger partial charge on any atom is -0.487 e. The van der Waals surface area contributed by atoms with E-state index in [4.69, 9.17) is 27.9 Å². The number of aromatic nitrogens is 1. The zero-order valence-electron chi connectivity index (χ0n) is 15.1. The molecular formula is C20H18Cl2N2O2S. The first-order valence-electron chi connectivity index (χ1n) is 8.25. The lowest BCUT2D eigenvalue weighted by atomic mass is 10.1. The van der Waals surface area contributed by atoms with Gasteiger partial charge in [-0.3, -0.25) is 9.69 Å². The zero-order valence-corrected chi connectivity index (χ0v) is 17.5. The number of hydrogen-bond donors (Lipinski definition) is 0. The largest absolute Gasteiger partial charge is 0.487 e. The normalized spacial score (nSPS) is 10.7. The predicted molar refractivity (Wildman–Crippen MR) is 112 cm³/mol. The average molecular weight is 421 g/mol. The van der Waals surface area contributed by atoms with Gasteiger partial charge in [0.15, 0.2) is 5.13 Å². The van der Waals surface area contributed by atoms with Crippen molar-refractivity contribution in [2.75, 3.05) is 4.90 Å². The van der Waals surface area contributed by atoms with Gasteiger partial charge in [0, 0.05) is 22.3 Å². The lowest BCUT2D eigenvalue weighted by Crippen LogP contribution is -2.23. The Morgan fingerprint density at radius 3 is 2.48 bits per heavy atom. The topological polar surface area (TPSA) is 42.4 Å². The van der Waals surface area contributed by atoms with E-state index in [9.17, 15) is 4.79 Å². The van der Waals surface area contributed by atoms with Crippen LogP contribution in [0.5, 0.6) is 5.75 Å². The first kappa shape index (κ1) is 19.7. The fraction of sp³-hybridized carbons (Fsp3) is 0.200. The maximum atomic E-state index is 12.3. The van der Waals surface area contributed by atoms with Crippen LogP contribution in [0.4, 0.5) is 10.8 Å². The number of benzene rings is 2. The van der Waals surface area contributed by atoms with Crippen LogP contribution in [0.25, 0.3) is 0 Å². The number of aryl methyl sites for hydroxylation is 2. The second-order valence-corrected chi connectivity index (χ2v) is 7.87. The van der Waals surface area contributed by atoms with Crippen LogP contribution in [0.3, 0.4) is 0 Å². The van der Waals surface area contributed by atoms with Gasteiger partial charge in [0.2, 0.25) is 5.91 Å². The number of anilines is 2. The Labute approximate surface area is 172 Å². The Hall–Kier alpha value is -2.08. The molecule has 4 nitrogen and oxygen atoms in total. The van der Waals surface area contributed by atoms with E-state index in [2.05, 4.69) is 4.98 Å². The van der Waals surface area contributed by atoms with Crippen molar-refractivity contribution in [3.05, 3.63) is 68.6 Å². The summed E-state index contributed by atoms with van der Waals surface area (Å²) in [6.07, 6.45) is 0. The summed E-state index contributed by atoms with van der Waals surface area (Å²) in [5.74, 6) is 0.477. The van der Waals surface area contributed by atoms with Crippen molar-refractivity contribution in [2.45, 2.75) is 27.4 Å². The molecule has 3 rings (SSSR count). The highest BCUT2D eigenvalue weighted by molar-refractivity contribution is 7.14. The summed E-state index contributed by atoms with van der Waals surface area (Å²) in [4.78, 5) is 18.5. The highest BCUT2D eigenvalue weighted by atomic mass is 35.5. The van der Waals surface area contributed by atoms with E-state index >= 15 is 0 Å². The summed E-state index contributed by atoms with van der Waals surface area (Å²) in [6.45, 7) is 5.80. The summed E-state index contributed by atoms with van der Waals surface area (Å²) in [7, 11) is 0. The van der Waals surface area contributed by atoms with Crippen molar-refractivity contribution < 1.29 is 9.53 Å². The molecular weight excluding hydrogens is 403 g/mol. The summed E-state index contributed by atoms with van der Waals surface area (Å²) < 4.78 is 5.72. The maximum absolute atomic E-state index is 12.3. The Kier molecular flexibility index (Phi) is 6.05.